The van der Waals surface area contributed by atoms with Crippen molar-refractivity contribution in [2.45, 2.75) is 45.3 Å². The number of hydrogen-bond donors (Lipinski definition) is 1. The van der Waals surface area contributed by atoms with Gasteiger partial charge >= 0.3 is 13.8 Å². The number of nitrogens with zero attached hydrogens (tertiary/aromatic N) is 1. The summed E-state index contributed by atoms with van der Waals surface area (Å²) >= 11 is 7.94. The molecule has 1 amide bonds. The van der Waals surface area contributed by atoms with E-state index in [1.54, 1.807) is 11.0 Å². The molecule has 3 aromatic carbocycles. The number of carbonyl (C=O) groups is 2. The van der Waals surface area contributed by atoms with Gasteiger partial charge in [0.05, 0.1) is 34.4 Å². The fourth-order valence-corrected chi connectivity index (χ4v) is 9.49. The van der Waals surface area contributed by atoms with E-state index in [9.17, 15) is 19.3 Å². The van der Waals surface area contributed by atoms with E-state index in [1.165, 1.54) is 11.3 Å². The molecule has 1 aromatic heterocycles. The number of thiophene rings is 1. The number of anilines is 1. The first kappa shape index (κ1) is 29.5. The van der Waals surface area contributed by atoms with E-state index in [2.05, 4.69) is 0 Å². The maximum absolute atomic E-state index is 14.3. The molecule has 0 spiro atoms. The van der Waals surface area contributed by atoms with Crippen LogP contribution in [-0.4, -0.2) is 29.4 Å². The Balaban J connectivity index is 1.25. The SMILES string of the molecule is Cc1csc2c(OP(=O)(OCc3ccccc3)OCc3ccccc3)cc3c(c12)[C@H](CCl)CN3C(=O)C12CC(C(=O)O)(C1)C2. The Morgan fingerprint density at radius 2 is 1.59 bits per heavy atom. The first-order valence-electron chi connectivity index (χ1n) is 14.5. The molecular formula is C33H31ClNO7PS. The van der Waals surface area contributed by atoms with Gasteiger partial charge in [0.25, 0.3) is 0 Å². The van der Waals surface area contributed by atoms with Crippen molar-refractivity contribution in [3.8, 4) is 5.75 Å². The zero-order chi connectivity index (χ0) is 30.7. The molecule has 2 heterocycles. The third-order valence-electron chi connectivity index (χ3n) is 9.16. The minimum atomic E-state index is -4.19. The Labute approximate surface area is 264 Å². The molecule has 8 nitrogen and oxygen atoms in total. The number of phosphoric ester groups is 1. The van der Waals surface area contributed by atoms with Crippen molar-refractivity contribution >= 4 is 58.4 Å². The maximum atomic E-state index is 14.3. The van der Waals surface area contributed by atoms with Crippen LogP contribution in [0.2, 0.25) is 0 Å². The van der Waals surface area contributed by atoms with E-state index in [0.717, 1.165) is 32.3 Å². The van der Waals surface area contributed by atoms with Gasteiger partial charge in [0.2, 0.25) is 5.91 Å². The molecular weight excluding hydrogens is 621 g/mol. The second-order valence-corrected chi connectivity index (χ2v) is 14.9. The van der Waals surface area contributed by atoms with Gasteiger partial charge in [0.1, 0.15) is 0 Å². The van der Waals surface area contributed by atoms with Crippen molar-refractivity contribution in [1.29, 1.82) is 0 Å². The minimum absolute atomic E-state index is 0.0112. The highest BCUT2D eigenvalue weighted by Crippen LogP contribution is 2.74. The average Bonchev–Trinajstić information content (AvgIpc) is 3.55. The van der Waals surface area contributed by atoms with Gasteiger partial charge in [-0.1, -0.05) is 60.7 Å². The van der Waals surface area contributed by atoms with Crippen LogP contribution in [0.25, 0.3) is 10.1 Å². The number of phosphoric acid groups is 1. The van der Waals surface area contributed by atoms with Crippen LogP contribution in [-0.2, 0) is 36.4 Å². The van der Waals surface area contributed by atoms with Crippen molar-refractivity contribution < 1.29 is 32.8 Å². The number of benzene rings is 3. The van der Waals surface area contributed by atoms with Gasteiger partial charge in [-0.3, -0.25) is 18.6 Å². The highest BCUT2D eigenvalue weighted by atomic mass is 35.5. The first-order chi connectivity index (χ1) is 21.2. The largest absolute Gasteiger partial charge is 0.530 e. The Morgan fingerprint density at radius 3 is 2.14 bits per heavy atom. The molecule has 0 radical (unpaired) electrons. The fourth-order valence-electron chi connectivity index (χ4n) is 6.98. The third-order valence-corrected chi connectivity index (χ3v) is 12.0. The summed E-state index contributed by atoms with van der Waals surface area (Å²) in [5.41, 5.74) is 2.79. The third kappa shape index (κ3) is 4.86. The second kappa shape index (κ2) is 11.0. The van der Waals surface area contributed by atoms with Crippen LogP contribution in [0.15, 0.2) is 72.1 Å². The molecule has 8 rings (SSSR count). The van der Waals surface area contributed by atoms with Crippen LogP contribution >= 0.6 is 30.8 Å². The first-order valence-corrected chi connectivity index (χ1v) is 17.4. The number of carboxylic acid groups (broad SMARTS) is 1. The molecule has 4 aliphatic rings. The molecule has 4 aromatic rings. The van der Waals surface area contributed by atoms with Gasteiger partial charge in [-0.25, -0.2) is 4.57 Å². The van der Waals surface area contributed by atoms with Gasteiger partial charge in [0.15, 0.2) is 5.75 Å². The number of carboxylic acids is 1. The highest BCUT2D eigenvalue weighted by molar-refractivity contribution is 7.49. The molecule has 11 heteroatoms. The van der Waals surface area contributed by atoms with Gasteiger partial charge in [-0.05, 0) is 53.8 Å². The van der Waals surface area contributed by atoms with Crippen LogP contribution in [0.4, 0.5) is 5.69 Å². The van der Waals surface area contributed by atoms with E-state index < -0.39 is 24.6 Å². The number of halogens is 1. The highest BCUT2D eigenvalue weighted by Gasteiger charge is 2.76. The lowest BCUT2D eigenvalue weighted by Crippen LogP contribution is -2.70. The summed E-state index contributed by atoms with van der Waals surface area (Å²) in [6.07, 6.45) is 1.05. The summed E-state index contributed by atoms with van der Waals surface area (Å²) in [6.45, 7) is 2.41. The average molecular weight is 652 g/mol. The van der Waals surface area contributed by atoms with Crippen LogP contribution in [0.1, 0.15) is 47.4 Å². The van der Waals surface area contributed by atoms with Gasteiger partial charge in [-0.15, -0.1) is 22.9 Å². The number of aliphatic carboxylic acids is 1. The lowest BCUT2D eigenvalue weighted by atomic mass is 9.34. The molecule has 1 atom stereocenters. The minimum Gasteiger partial charge on any atom is -0.481 e. The second-order valence-electron chi connectivity index (χ2n) is 12.2. The molecule has 44 heavy (non-hydrogen) atoms. The number of rotatable bonds is 11. The molecule has 3 saturated carbocycles. The van der Waals surface area contributed by atoms with E-state index in [-0.39, 0.29) is 25.0 Å². The van der Waals surface area contributed by atoms with Gasteiger partial charge < -0.3 is 14.5 Å². The summed E-state index contributed by atoms with van der Waals surface area (Å²) in [4.78, 5) is 27.5. The predicted molar refractivity (Wildman–Crippen MR) is 169 cm³/mol. The number of carbonyl (C=O) groups excluding carboxylic acids is 1. The molecule has 0 saturated heterocycles. The Bertz CT molecular complexity index is 1740. The molecule has 1 aliphatic heterocycles. The zero-order valence-electron chi connectivity index (χ0n) is 24.0. The van der Waals surface area contributed by atoms with Crippen LogP contribution in [0.3, 0.4) is 0 Å². The van der Waals surface area contributed by atoms with E-state index in [1.807, 2.05) is 73.0 Å². The van der Waals surface area contributed by atoms with E-state index >= 15 is 0 Å². The maximum Gasteiger partial charge on any atom is 0.530 e. The predicted octanol–water partition coefficient (Wildman–Crippen LogP) is 8.05. The Kier molecular flexibility index (Phi) is 7.38. The number of aryl methyl sites for hydroxylation is 1. The molecule has 0 unspecified atom stereocenters. The topological polar surface area (TPSA) is 102 Å². The standard InChI is InChI=1S/C33H31ClNO7PS/c1-21-17-44-29-26(42-43(39,40-15-22-8-4-2-5-9-22)41-16-23-10-6-3-7-11-23)12-25-28(27(21)29)24(13-34)14-35(25)30(36)32-18-33(19-32,20-32)31(37)38/h2-12,17,24H,13-16,18-20H2,1H3,(H,37,38)/t24-,32?,33?/m1/s1. The molecule has 228 valence electrons. The molecule has 2 bridgehead atoms. The van der Waals surface area contributed by atoms with E-state index in [4.69, 9.17) is 25.2 Å². The van der Waals surface area contributed by atoms with Crippen molar-refractivity contribution in [1.82, 2.24) is 0 Å². The number of fused-ring (bicyclic) bond motifs is 3. The van der Waals surface area contributed by atoms with Crippen molar-refractivity contribution in [2.75, 3.05) is 17.3 Å². The lowest BCUT2D eigenvalue weighted by molar-refractivity contribution is -0.219. The summed E-state index contributed by atoms with van der Waals surface area (Å²) < 4.78 is 33.2. The summed E-state index contributed by atoms with van der Waals surface area (Å²) in [7, 11) is -4.19. The lowest BCUT2D eigenvalue weighted by Gasteiger charge is -2.67. The number of alkyl halides is 1. The summed E-state index contributed by atoms with van der Waals surface area (Å²) in [5, 5.41) is 12.5. The molecule has 3 aliphatic carbocycles. The van der Waals surface area contributed by atoms with E-state index in [0.29, 0.717) is 43.1 Å². The normalized spacial score (nSPS) is 23.6. The molecule has 3 fully saturated rings. The Morgan fingerprint density at radius 1 is 1.00 bits per heavy atom. The van der Waals surface area contributed by atoms with Crippen molar-refractivity contribution in [3.63, 3.8) is 0 Å². The number of hydrogen-bond acceptors (Lipinski definition) is 7. The molecule has 1 N–H and O–H groups in total. The van der Waals surface area contributed by atoms with Crippen LogP contribution < -0.4 is 9.42 Å². The van der Waals surface area contributed by atoms with Crippen LogP contribution in [0, 0.1) is 17.8 Å². The van der Waals surface area contributed by atoms with Crippen LogP contribution in [0.5, 0.6) is 5.75 Å². The van der Waals surface area contributed by atoms with Gasteiger partial charge in [-0.2, -0.15) is 0 Å². The quantitative estimate of drug-likeness (QED) is 0.129. The smallest absolute Gasteiger partial charge is 0.481 e. The zero-order valence-corrected chi connectivity index (χ0v) is 26.5. The monoisotopic (exact) mass is 651 g/mol. The summed E-state index contributed by atoms with van der Waals surface area (Å²) in [5.74, 6) is -0.422. The van der Waals surface area contributed by atoms with Crippen molar-refractivity contribution in [3.05, 3.63) is 94.4 Å². The van der Waals surface area contributed by atoms with Gasteiger partial charge in [0, 0.05) is 29.8 Å². The number of amides is 1. The fraction of sp³-hybridized carbons (Fsp3) is 0.333. The van der Waals surface area contributed by atoms with Crippen molar-refractivity contribution in [2.24, 2.45) is 10.8 Å². The Hall–Kier alpha value is -3.20. The summed E-state index contributed by atoms with van der Waals surface area (Å²) in [6, 6.07) is 20.5.